The second-order valence-electron chi connectivity index (χ2n) is 1.50. The first kappa shape index (κ1) is 15.8. The fourth-order valence-electron chi connectivity index (χ4n) is 0. The van der Waals surface area contributed by atoms with Gasteiger partial charge in [0.15, 0.2) is 0 Å². The summed E-state index contributed by atoms with van der Waals surface area (Å²) in [6, 6.07) is 0. The topological polar surface area (TPSA) is 0 Å². The van der Waals surface area contributed by atoms with Crippen molar-refractivity contribution in [1.82, 2.24) is 0 Å². The van der Waals surface area contributed by atoms with Gasteiger partial charge in [0.1, 0.15) is 0 Å². The van der Waals surface area contributed by atoms with Crippen molar-refractivity contribution in [3.05, 3.63) is 6.92 Å². The molecule has 0 aromatic carbocycles. The van der Waals surface area contributed by atoms with Gasteiger partial charge in [-0.1, -0.05) is 19.6 Å². The van der Waals surface area contributed by atoms with Crippen LogP contribution in [0.5, 0.6) is 0 Å². The summed E-state index contributed by atoms with van der Waals surface area (Å²) in [4.78, 5) is 0. The summed E-state index contributed by atoms with van der Waals surface area (Å²) < 4.78 is 0. The van der Waals surface area contributed by atoms with Gasteiger partial charge in [-0.2, -0.15) is 6.92 Å². The molecule has 0 aliphatic heterocycles. The van der Waals surface area contributed by atoms with Crippen molar-refractivity contribution in [3.8, 4) is 0 Å². The van der Waals surface area contributed by atoms with Crippen molar-refractivity contribution >= 4 is 8.80 Å². The minimum absolute atomic E-state index is 0. The first-order chi connectivity index (χ1) is 2.73. The molecule has 0 aromatic heterocycles. The Labute approximate surface area is 83.1 Å². The third-order valence-electron chi connectivity index (χ3n) is 0. The van der Waals surface area contributed by atoms with Crippen molar-refractivity contribution in [3.63, 3.8) is 0 Å². The molecular formula is C5H14CeSi-. The third-order valence-corrected chi connectivity index (χ3v) is 0. The first-order valence-electron chi connectivity index (χ1n) is 2.21. The normalized spacial score (nSPS) is 6.00. The molecule has 0 N–H and O–H groups in total. The quantitative estimate of drug-likeness (QED) is 0.451. The largest absolute Gasteiger partial charge is 0.346 e. The van der Waals surface area contributed by atoms with E-state index < -0.39 is 0 Å². The van der Waals surface area contributed by atoms with Crippen LogP contribution >= 0.6 is 0 Å². The first-order valence-corrected chi connectivity index (χ1v) is 5.21. The van der Waals surface area contributed by atoms with Crippen LogP contribution in [0, 0.1) is 48.7 Å². The SMILES string of the molecule is C[Si](C)C.[CH2-]C.[Ce]. The van der Waals surface area contributed by atoms with Crippen LogP contribution in [0.15, 0.2) is 0 Å². The van der Waals surface area contributed by atoms with E-state index in [0.717, 1.165) is 0 Å². The standard InChI is InChI=1S/C3H9Si.C2H5.Ce/c1-4(2)3;1-2;/h1-3H3;1H2,2H3;/q;-1;. The second-order valence-corrected chi connectivity index (χ2v) is 4.50. The molecule has 1 radical (unpaired) electrons. The van der Waals surface area contributed by atoms with E-state index in [9.17, 15) is 0 Å². The minimum Gasteiger partial charge on any atom is -0.346 e. The molecule has 7 heavy (non-hydrogen) atoms. The summed E-state index contributed by atoms with van der Waals surface area (Å²) in [5.41, 5.74) is 0. The Morgan fingerprint density at radius 1 is 1.00 bits per heavy atom. The molecular weight excluding hydrogens is 228 g/mol. The smallest absolute Gasteiger partial charge is 0.0379 e. The van der Waals surface area contributed by atoms with Crippen LogP contribution in [0.2, 0.25) is 19.6 Å². The van der Waals surface area contributed by atoms with Crippen molar-refractivity contribution < 1.29 is 41.7 Å². The predicted molar refractivity (Wildman–Crippen MR) is 34.4 cm³/mol. The summed E-state index contributed by atoms with van der Waals surface area (Å²) in [5, 5.41) is 0. The zero-order valence-electron chi connectivity index (χ0n) is 5.71. The van der Waals surface area contributed by atoms with E-state index in [1.165, 1.54) is 0 Å². The molecule has 0 unspecified atom stereocenters. The summed E-state index contributed by atoms with van der Waals surface area (Å²) in [6.45, 7) is 11.8. The van der Waals surface area contributed by atoms with E-state index in [1.54, 1.807) is 6.92 Å². The van der Waals surface area contributed by atoms with E-state index in [-0.39, 0.29) is 50.5 Å². The average molecular weight is 242 g/mol. The molecule has 0 heterocycles. The van der Waals surface area contributed by atoms with E-state index in [2.05, 4.69) is 26.6 Å². The van der Waals surface area contributed by atoms with Gasteiger partial charge in [-0.05, 0) is 0 Å². The summed E-state index contributed by atoms with van der Waals surface area (Å²) in [6.07, 6.45) is 0. The zero-order chi connectivity index (χ0) is 5.58. The van der Waals surface area contributed by atoms with Gasteiger partial charge in [-0.3, -0.25) is 0 Å². The fourth-order valence-corrected chi connectivity index (χ4v) is 0. The Hall–Kier alpha value is 1.59. The van der Waals surface area contributed by atoms with Crippen LogP contribution in [-0.4, -0.2) is 8.80 Å². The molecule has 0 aromatic rings. The van der Waals surface area contributed by atoms with Crippen molar-refractivity contribution in [2.24, 2.45) is 0 Å². The van der Waals surface area contributed by atoms with Crippen LogP contribution in [0.1, 0.15) is 6.92 Å². The van der Waals surface area contributed by atoms with Gasteiger partial charge in [0.05, 0.1) is 0 Å². The molecule has 0 aliphatic carbocycles. The number of hydrogen-bond donors (Lipinski definition) is 0. The van der Waals surface area contributed by atoms with E-state index >= 15 is 0 Å². The molecule has 0 aliphatic rings. The van der Waals surface area contributed by atoms with Crippen molar-refractivity contribution in [1.29, 1.82) is 0 Å². The molecule has 0 nitrogen and oxygen atoms in total. The number of rotatable bonds is 0. The fraction of sp³-hybridized carbons (Fsp3) is 0.800. The Morgan fingerprint density at radius 2 is 1.00 bits per heavy atom. The Kier molecular flexibility index (Phi) is 35.4. The summed E-state index contributed by atoms with van der Waals surface area (Å²) in [5.74, 6) is 0. The molecule has 0 fully saturated rings. The zero-order valence-corrected chi connectivity index (χ0v) is 9.85. The van der Waals surface area contributed by atoms with Gasteiger partial charge >= 0.3 is 0 Å². The summed E-state index contributed by atoms with van der Waals surface area (Å²) in [7, 11) is 0.120. The molecule has 0 bridgehead atoms. The molecule has 0 saturated heterocycles. The Balaban J connectivity index is -0.0000000480. The molecule has 43 valence electrons. The Morgan fingerprint density at radius 3 is 1.00 bits per heavy atom. The molecule has 0 saturated carbocycles. The van der Waals surface area contributed by atoms with Crippen molar-refractivity contribution in [2.75, 3.05) is 0 Å². The van der Waals surface area contributed by atoms with E-state index in [1.807, 2.05) is 0 Å². The molecule has 0 amide bonds. The molecule has 2 heteroatoms. The minimum atomic E-state index is 0. The van der Waals surface area contributed by atoms with Gasteiger partial charge in [0.25, 0.3) is 0 Å². The van der Waals surface area contributed by atoms with Crippen molar-refractivity contribution in [2.45, 2.75) is 26.6 Å². The van der Waals surface area contributed by atoms with Gasteiger partial charge in [0, 0.05) is 50.5 Å². The monoisotopic (exact) mass is 242 g/mol. The summed E-state index contributed by atoms with van der Waals surface area (Å²) >= 11 is 0. The maximum atomic E-state index is 3.25. The average Bonchev–Trinajstić information content (AvgIpc) is 1.41. The van der Waals surface area contributed by atoms with Gasteiger partial charge in [-0.25, -0.2) is 0 Å². The van der Waals surface area contributed by atoms with Crippen LogP contribution in [-0.2, 0) is 0 Å². The van der Waals surface area contributed by atoms with Crippen LogP contribution in [0.25, 0.3) is 0 Å². The predicted octanol–water partition coefficient (Wildman–Crippen LogP) is 2.21. The van der Waals surface area contributed by atoms with Gasteiger partial charge < -0.3 is 6.92 Å². The second kappa shape index (κ2) is 15.6. The molecule has 0 spiro atoms. The van der Waals surface area contributed by atoms with Gasteiger partial charge in [-0.15, -0.1) is 0 Å². The third kappa shape index (κ3) is 93.6. The van der Waals surface area contributed by atoms with Crippen LogP contribution < -0.4 is 0 Å². The van der Waals surface area contributed by atoms with E-state index in [4.69, 9.17) is 0 Å². The number of hydrogen-bond acceptors (Lipinski definition) is 0. The van der Waals surface area contributed by atoms with Crippen LogP contribution in [0.3, 0.4) is 0 Å². The maximum Gasteiger partial charge on any atom is 0.0379 e. The van der Waals surface area contributed by atoms with Crippen LogP contribution in [0.4, 0.5) is 0 Å². The van der Waals surface area contributed by atoms with Gasteiger partial charge in [0.2, 0.25) is 0 Å². The maximum absolute atomic E-state index is 3.25. The molecule has 0 rings (SSSR count). The van der Waals surface area contributed by atoms with E-state index in [0.29, 0.717) is 0 Å². The molecule has 0 atom stereocenters. The Bertz CT molecular complexity index is 12.8.